The van der Waals surface area contributed by atoms with E-state index in [9.17, 15) is 18.0 Å². The number of carbonyl (C=O) groups is 1. The maximum absolute atomic E-state index is 12.5. The van der Waals surface area contributed by atoms with Crippen molar-refractivity contribution >= 4 is 23.3 Å². The second-order valence-corrected chi connectivity index (χ2v) is 4.87. The predicted octanol–water partition coefficient (Wildman–Crippen LogP) is 3.63. The molecular formula is C12H11ClF3NO2. The number of hydrogen-bond donors (Lipinski definition) is 2. The van der Waals surface area contributed by atoms with Gasteiger partial charge in [-0.05, 0) is 31.0 Å². The van der Waals surface area contributed by atoms with E-state index in [4.69, 9.17) is 16.7 Å². The summed E-state index contributed by atoms with van der Waals surface area (Å²) in [4.78, 5) is 10.8. The highest BCUT2D eigenvalue weighted by Gasteiger charge is 2.37. The first-order valence-corrected chi connectivity index (χ1v) is 6.03. The summed E-state index contributed by atoms with van der Waals surface area (Å²) in [5.74, 6) is -1.43. The van der Waals surface area contributed by atoms with Crippen LogP contribution < -0.4 is 5.32 Å². The fourth-order valence-corrected chi connectivity index (χ4v) is 2.21. The topological polar surface area (TPSA) is 49.3 Å². The number of carboxylic acids is 1. The highest BCUT2D eigenvalue weighted by Crippen LogP contribution is 2.36. The number of rotatable bonds is 3. The Morgan fingerprint density at radius 1 is 1.37 bits per heavy atom. The summed E-state index contributed by atoms with van der Waals surface area (Å²) >= 11 is 5.78. The molecule has 1 fully saturated rings. The van der Waals surface area contributed by atoms with Gasteiger partial charge in [-0.15, -0.1) is 0 Å². The second kappa shape index (κ2) is 4.92. The number of alkyl halides is 3. The van der Waals surface area contributed by atoms with Crippen LogP contribution in [0.5, 0.6) is 0 Å². The van der Waals surface area contributed by atoms with Crippen molar-refractivity contribution in [2.45, 2.75) is 25.1 Å². The first kappa shape index (κ1) is 14.0. The van der Waals surface area contributed by atoms with Gasteiger partial charge < -0.3 is 10.4 Å². The minimum Gasteiger partial charge on any atom is -0.481 e. The van der Waals surface area contributed by atoms with Gasteiger partial charge >= 0.3 is 12.1 Å². The third kappa shape index (κ3) is 2.94. The Bertz CT molecular complexity index is 504. The van der Waals surface area contributed by atoms with Crippen LogP contribution in [0.2, 0.25) is 5.02 Å². The molecule has 1 aliphatic rings. The SMILES string of the molecule is O=C(O)C1CCC1Nc1ccc(C(F)(F)F)cc1Cl. The summed E-state index contributed by atoms with van der Waals surface area (Å²) in [7, 11) is 0. The molecule has 0 aromatic heterocycles. The summed E-state index contributed by atoms with van der Waals surface area (Å²) in [6.45, 7) is 0. The molecule has 0 saturated heterocycles. The quantitative estimate of drug-likeness (QED) is 0.894. The van der Waals surface area contributed by atoms with E-state index in [1.54, 1.807) is 0 Å². The van der Waals surface area contributed by atoms with Crippen LogP contribution >= 0.6 is 11.6 Å². The number of anilines is 1. The number of hydrogen-bond acceptors (Lipinski definition) is 2. The molecule has 19 heavy (non-hydrogen) atoms. The molecule has 7 heteroatoms. The van der Waals surface area contributed by atoms with Crippen molar-refractivity contribution < 1.29 is 23.1 Å². The maximum Gasteiger partial charge on any atom is 0.416 e. The fraction of sp³-hybridized carbons (Fsp3) is 0.417. The van der Waals surface area contributed by atoms with E-state index in [-0.39, 0.29) is 11.1 Å². The summed E-state index contributed by atoms with van der Waals surface area (Å²) in [5.41, 5.74) is -0.503. The molecule has 104 valence electrons. The van der Waals surface area contributed by atoms with E-state index >= 15 is 0 Å². The van der Waals surface area contributed by atoms with Gasteiger partial charge in [0.2, 0.25) is 0 Å². The van der Waals surface area contributed by atoms with Crippen molar-refractivity contribution in [3.63, 3.8) is 0 Å². The van der Waals surface area contributed by atoms with Gasteiger partial charge in [0.25, 0.3) is 0 Å². The van der Waals surface area contributed by atoms with Crippen molar-refractivity contribution in [1.82, 2.24) is 0 Å². The van der Waals surface area contributed by atoms with Crippen molar-refractivity contribution in [3.05, 3.63) is 28.8 Å². The van der Waals surface area contributed by atoms with E-state index in [2.05, 4.69) is 5.32 Å². The highest BCUT2D eigenvalue weighted by molar-refractivity contribution is 6.33. The molecule has 0 aliphatic heterocycles. The Balaban J connectivity index is 2.12. The highest BCUT2D eigenvalue weighted by atomic mass is 35.5. The molecule has 0 radical (unpaired) electrons. The van der Waals surface area contributed by atoms with E-state index in [0.717, 1.165) is 12.1 Å². The van der Waals surface area contributed by atoms with Gasteiger partial charge in [-0.1, -0.05) is 11.6 Å². The summed E-state index contributed by atoms with van der Waals surface area (Å²) in [6.07, 6.45) is -3.22. The number of nitrogens with one attached hydrogen (secondary N) is 1. The lowest BCUT2D eigenvalue weighted by Gasteiger charge is -2.35. The largest absolute Gasteiger partial charge is 0.481 e. The van der Waals surface area contributed by atoms with Gasteiger partial charge in [0.15, 0.2) is 0 Å². The first-order chi connectivity index (χ1) is 8.79. The Morgan fingerprint density at radius 3 is 2.47 bits per heavy atom. The first-order valence-electron chi connectivity index (χ1n) is 5.65. The second-order valence-electron chi connectivity index (χ2n) is 4.47. The standard InChI is InChI=1S/C12H11ClF3NO2/c13-8-5-6(12(14,15)16)1-3-10(8)17-9-4-2-7(9)11(18)19/h1,3,5,7,9,17H,2,4H2,(H,18,19). The zero-order valence-corrected chi connectivity index (χ0v) is 10.4. The van der Waals surface area contributed by atoms with Crippen molar-refractivity contribution in [1.29, 1.82) is 0 Å². The van der Waals surface area contributed by atoms with Gasteiger partial charge in [-0.2, -0.15) is 13.2 Å². The molecule has 0 bridgehead atoms. The molecule has 2 atom stereocenters. The lowest BCUT2D eigenvalue weighted by Crippen LogP contribution is -2.43. The van der Waals surface area contributed by atoms with Gasteiger partial charge in [0.05, 0.1) is 22.2 Å². The van der Waals surface area contributed by atoms with Crippen LogP contribution in [0.3, 0.4) is 0 Å². The number of carboxylic acid groups (broad SMARTS) is 1. The molecule has 2 N–H and O–H groups in total. The average molecular weight is 294 g/mol. The maximum atomic E-state index is 12.5. The lowest BCUT2D eigenvalue weighted by atomic mass is 9.79. The normalized spacial score (nSPS) is 22.7. The molecule has 1 aromatic rings. The zero-order valence-electron chi connectivity index (χ0n) is 9.67. The van der Waals surface area contributed by atoms with Crippen molar-refractivity contribution in [3.8, 4) is 0 Å². The van der Waals surface area contributed by atoms with Crippen LogP contribution in [0.25, 0.3) is 0 Å². The fourth-order valence-electron chi connectivity index (χ4n) is 1.98. The van der Waals surface area contributed by atoms with Crippen LogP contribution in [0.15, 0.2) is 18.2 Å². The van der Waals surface area contributed by atoms with Crippen molar-refractivity contribution in [2.75, 3.05) is 5.32 Å². The van der Waals surface area contributed by atoms with Gasteiger partial charge in [0.1, 0.15) is 0 Å². The van der Waals surface area contributed by atoms with Crippen LogP contribution in [0.4, 0.5) is 18.9 Å². The molecule has 2 unspecified atom stereocenters. The Kier molecular flexibility index (Phi) is 3.62. The van der Waals surface area contributed by atoms with E-state index in [1.807, 2.05) is 0 Å². The van der Waals surface area contributed by atoms with Gasteiger partial charge in [-0.25, -0.2) is 0 Å². The Labute approximate surface area is 112 Å². The minimum absolute atomic E-state index is 0.0640. The zero-order chi connectivity index (χ0) is 14.2. The predicted molar refractivity (Wildman–Crippen MR) is 64.2 cm³/mol. The molecule has 0 amide bonds. The molecule has 1 aliphatic carbocycles. The number of aliphatic carboxylic acids is 1. The third-order valence-corrected chi connectivity index (χ3v) is 3.54. The summed E-state index contributed by atoms with van der Waals surface area (Å²) in [6, 6.07) is 2.69. The monoisotopic (exact) mass is 293 g/mol. The van der Waals surface area contributed by atoms with Gasteiger partial charge in [-0.3, -0.25) is 4.79 Å². The number of halogens is 4. The average Bonchev–Trinajstić information content (AvgIpc) is 2.23. The smallest absolute Gasteiger partial charge is 0.416 e. The third-order valence-electron chi connectivity index (χ3n) is 3.23. The van der Waals surface area contributed by atoms with Gasteiger partial charge in [0, 0.05) is 6.04 Å². The molecule has 1 saturated carbocycles. The van der Waals surface area contributed by atoms with Crippen LogP contribution in [-0.4, -0.2) is 17.1 Å². The molecule has 1 aromatic carbocycles. The summed E-state index contributed by atoms with van der Waals surface area (Å²) < 4.78 is 37.4. The van der Waals surface area contributed by atoms with Crippen LogP contribution in [0, 0.1) is 5.92 Å². The molecular weight excluding hydrogens is 283 g/mol. The molecule has 2 rings (SSSR count). The lowest BCUT2D eigenvalue weighted by molar-refractivity contribution is -0.145. The molecule has 0 spiro atoms. The van der Waals surface area contributed by atoms with E-state index in [1.165, 1.54) is 6.07 Å². The van der Waals surface area contributed by atoms with Crippen molar-refractivity contribution in [2.24, 2.45) is 5.92 Å². The summed E-state index contributed by atoms with van der Waals surface area (Å²) in [5, 5.41) is 11.7. The molecule has 3 nitrogen and oxygen atoms in total. The van der Waals surface area contributed by atoms with Crippen LogP contribution in [-0.2, 0) is 11.0 Å². The van der Waals surface area contributed by atoms with E-state index < -0.39 is 23.6 Å². The molecule has 0 heterocycles. The Hall–Kier alpha value is -1.43. The Morgan fingerprint density at radius 2 is 2.05 bits per heavy atom. The number of benzene rings is 1. The van der Waals surface area contributed by atoms with E-state index in [0.29, 0.717) is 18.5 Å². The van der Waals surface area contributed by atoms with Crippen LogP contribution in [0.1, 0.15) is 18.4 Å². The minimum atomic E-state index is -4.44.